The van der Waals surface area contributed by atoms with Crippen LogP contribution in [-0.2, 0) is 14.3 Å². The van der Waals surface area contributed by atoms with Crippen molar-refractivity contribution in [1.29, 1.82) is 0 Å². The predicted octanol–water partition coefficient (Wildman–Crippen LogP) is 3.72. The van der Waals surface area contributed by atoms with Gasteiger partial charge in [-0.15, -0.1) is 6.58 Å². The van der Waals surface area contributed by atoms with E-state index >= 15 is 0 Å². The van der Waals surface area contributed by atoms with E-state index in [4.69, 9.17) is 9.47 Å². The molecule has 0 aromatic rings. The number of rotatable bonds is 13. The van der Waals surface area contributed by atoms with Gasteiger partial charge in [0, 0.05) is 19.6 Å². The van der Waals surface area contributed by atoms with Crippen LogP contribution >= 0.6 is 0 Å². The number of aliphatic hydroxyl groups is 1. The van der Waals surface area contributed by atoms with E-state index < -0.39 is 17.8 Å². The number of hydrogen-bond donors (Lipinski definition) is 1. The summed E-state index contributed by atoms with van der Waals surface area (Å²) in [6.45, 7) is 14.4. The lowest BCUT2D eigenvalue weighted by molar-refractivity contribution is -0.201. The van der Waals surface area contributed by atoms with Crippen LogP contribution in [0.25, 0.3) is 0 Å². The molecular formula is C18H34O4. The highest BCUT2D eigenvalue weighted by molar-refractivity contribution is 5.85. The highest BCUT2D eigenvalue weighted by Crippen LogP contribution is 2.29. The first-order valence-electron chi connectivity index (χ1n) is 8.36. The third-order valence-corrected chi connectivity index (χ3v) is 3.84. The van der Waals surface area contributed by atoms with Crippen molar-refractivity contribution in [2.45, 2.75) is 72.7 Å². The maximum atomic E-state index is 12.6. The summed E-state index contributed by atoms with van der Waals surface area (Å²) < 4.78 is 11.5. The lowest BCUT2D eigenvalue weighted by atomic mass is 9.82. The van der Waals surface area contributed by atoms with Crippen molar-refractivity contribution in [3.8, 4) is 0 Å². The van der Waals surface area contributed by atoms with Gasteiger partial charge in [-0.05, 0) is 39.0 Å². The van der Waals surface area contributed by atoms with Crippen LogP contribution in [0.3, 0.4) is 0 Å². The fourth-order valence-electron chi connectivity index (χ4n) is 2.12. The van der Waals surface area contributed by atoms with Gasteiger partial charge >= 0.3 is 0 Å². The van der Waals surface area contributed by atoms with Crippen molar-refractivity contribution < 1.29 is 19.4 Å². The van der Waals surface area contributed by atoms with Gasteiger partial charge < -0.3 is 14.6 Å². The molecule has 0 heterocycles. The molecule has 0 aromatic carbocycles. The molecule has 0 aliphatic heterocycles. The normalized spacial score (nSPS) is 14.9. The molecule has 0 spiro atoms. The summed E-state index contributed by atoms with van der Waals surface area (Å²) >= 11 is 0. The fourth-order valence-corrected chi connectivity index (χ4v) is 2.12. The molecule has 0 radical (unpaired) electrons. The summed E-state index contributed by atoms with van der Waals surface area (Å²) in [6, 6.07) is 0. The molecule has 0 aromatic heterocycles. The van der Waals surface area contributed by atoms with Crippen molar-refractivity contribution in [1.82, 2.24) is 0 Å². The zero-order valence-electron chi connectivity index (χ0n) is 14.9. The largest absolute Gasteiger partial charge is 0.392 e. The Bertz CT molecular complexity index is 317. The van der Waals surface area contributed by atoms with E-state index in [1.165, 1.54) is 0 Å². The summed E-state index contributed by atoms with van der Waals surface area (Å²) in [5, 5.41) is 10.2. The van der Waals surface area contributed by atoms with Gasteiger partial charge in [0.2, 0.25) is 0 Å². The van der Waals surface area contributed by atoms with E-state index in [9.17, 15) is 9.90 Å². The molecule has 0 amide bonds. The molecule has 0 bridgehead atoms. The van der Waals surface area contributed by atoms with E-state index in [2.05, 4.69) is 6.58 Å². The van der Waals surface area contributed by atoms with Crippen LogP contribution in [-0.4, -0.2) is 36.5 Å². The monoisotopic (exact) mass is 314 g/mol. The van der Waals surface area contributed by atoms with Crippen molar-refractivity contribution in [3.05, 3.63) is 12.7 Å². The van der Waals surface area contributed by atoms with Gasteiger partial charge in [0.1, 0.15) is 5.78 Å². The molecule has 4 nitrogen and oxygen atoms in total. The van der Waals surface area contributed by atoms with Gasteiger partial charge in [-0.25, -0.2) is 0 Å². The van der Waals surface area contributed by atoms with E-state index in [-0.39, 0.29) is 18.1 Å². The average Bonchev–Trinajstić information content (AvgIpc) is 2.47. The van der Waals surface area contributed by atoms with Gasteiger partial charge in [-0.2, -0.15) is 0 Å². The third kappa shape index (κ3) is 7.03. The third-order valence-electron chi connectivity index (χ3n) is 3.84. The van der Waals surface area contributed by atoms with E-state index in [0.29, 0.717) is 19.6 Å². The summed E-state index contributed by atoms with van der Waals surface area (Å²) in [6.07, 6.45) is 3.08. The molecule has 130 valence electrons. The number of aliphatic hydroxyl groups excluding tert-OH is 1. The Kier molecular flexibility index (Phi) is 10.6. The first kappa shape index (κ1) is 21.3. The number of Topliss-reactive ketones (excluding diaryl/α,β-unsaturated/α-hetero) is 1. The fraction of sp³-hybridized carbons (Fsp3) is 0.833. The lowest BCUT2D eigenvalue weighted by Crippen LogP contribution is -2.43. The minimum Gasteiger partial charge on any atom is -0.392 e. The minimum atomic E-state index is -0.779. The van der Waals surface area contributed by atoms with Crippen LogP contribution in [0.15, 0.2) is 12.7 Å². The number of ketones is 1. The predicted molar refractivity (Wildman–Crippen MR) is 89.7 cm³/mol. The zero-order valence-corrected chi connectivity index (χ0v) is 14.9. The molecule has 4 heteroatoms. The van der Waals surface area contributed by atoms with Crippen molar-refractivity contribution >= 4 is 5.78 Å². The molecule has 1 N–H and O–H groups in total. The number of carbonyl (C=O) groups is 1. The first-order chi connectivity index (χ1) is 10.3. The van der Waals surface area contributed by atoms with E-state index in [1.54, 1.807) is 6.08 Å². The summed E-state index contributed by atoms with van der Waals surface area (Å²) in [5.41, 5.74) is -0.779. The molecular weight excluding hydrogens is 280 g/mol. The van der Waals surface area contributed by atoms with E-state index in [0.717, 1.165) is 12.8 Å². The molecule has 0 aliphatic carbocycles. The quantitative estimate of drug-likeness (QED) is 0.416. The number of allylic oxidation sites excluding steroid dienone is 1. The van der Waals surface area contributed by atoms with Gasteiger partial charge in [-0.1, -0.05) is 26.8 Å². The molecule has 0 unspecified atom stereocenters. The Hall–Kier alpha value is -0.710. The average molecular weight is 314 g/mol. The van der Waals surface area contributed by atoms with Gasteiger partial charge in [0.25, 0.3) is 0 Å². The minimum absolute atomic E-state index is 0.0174. The van der Waals surface area contributed by atoms with Crippen LogP contribution in [0, 0.1) is 11.3 Å². The second-order valence-electron chi connectivity index (χ2n) is 6.49. The van der Waals surface area contributed by atoms with Crippen LogP contribution < -0.4 is 0 Å². The van der Waals surface area contributed by atoms with Crippen LogP contribution in [0.5, 0.6) is 0 Å². The van der Waals surface area contributed by atoms with Gasteiger partial charge in [-0.3, -0.25) is 4.79 Å². The standard InChI is InChI=1S/C18H34O4/c1-7-10-14(4)15(19)13-16(20)18(5,6)17(21-11-8-2)22-12-9-3/h7,14-15,17,19H,1,8-13H2,2-6H3/t14-,15+/m0/s1. The molecule has 0 aliphatic rings. The molecule has 0 rings (SSSR count). The maximum Gasteiger partial charge on any atom is 0.169 e. The number of hydrogen-bond acceptors (Lipinski definition) is 4. The Morgan fingerprint density at radius 2 is 1.73 bits per heavy atom. The van der Waals surface area contributed by atoms with Crippen molar-refractivity contribution in [2.24, 2.45) is 11.3 Å². The maximum absolute atomic E-state index is 12.6. The summed E-state index contributed by atoms with van der Waals surface area (Å²) in [7, 11) is 0. The SMILES string of the molecule is C=CC[C@H](C)[C@H](O)CC(=O)C(C)(C)C(OCCC)OCCC. The highest BCUT2D eigenvalue weighted by Gasteiger charge is 2.39. The molecule has 0 fully saturated rings. The van der Waals surface area contributed by atoms with Crippen LogP contribution in [0.2, 0.25) is 0 Å². The second kappa shape index (κ2) is 10.9. The molecule has 2 atom stereocenters. The van der Waals surface area contributed by atoms with Crippen LogP contribution in [0.1, 0.15) is 60.3 Å². The molecule has 22 heavy (non-hydrogen) atoms. The molecule has 0 saturated heterocycles. The first-order valence-corrected chi connectivity index (χ1v) is 8.36. The summed E-state index contributed by atoms with van der Waals surface area (Å²) in [4.78, 5) is 12.6. The Labute approximate surface area is 135 Å². The second-order valence-corrected chi connectivity index (χ2v) is 6.49. The Morgan fingerprint density at radius 3 is 2.14 bits per heavy atom. The van der Waals surface area contributed by atoms with E-state index in [1.807, 2.05) is 34.6 Å². The topological polar surface area (TPSA) is 55.8 Å². The Morgan fingerprint density at radius 1 is 1.23 bits per heavy atom. The van der Waals surface area contributed by atoms with Crippen molar-refractivity contribution in [3.63, 3.8) is 0 Å². The smallest absolute Gasteiger partial charge is 0.169 e. The van der Waals surface area contributed by atoms with Crippen molar-refractivity contribution in [2.75, 3.05) is 13.2 Å². The number of carbonyl (C=O) groups excluding carboxylic acids is 1. The molecule has 0 saturated carbocycles. The Balaban J connectivity index is 4.80. The van der Waals surface area contributed by atoms with Gasteiger partial charge in [0.15, 0.2) is 6.29 Å². The zero-order chi connectivity index (χ0) is 17.2. The summed E-state index contributed by atoms with van der Waals surface area (Å²) in [5.74, 6) is -0.0167. The highest BCUT2D eigenvalue weighted by atomic mass is 16.7. The van der Waals surface area contributed by atoms with Gasteiger partial charge in [0.05, 0.1) is 11.5 Å². The lowest BCUT2D eigenvalue weighted by Gasteiger charge is -2.33. The number of ether oxygens (including phenoxy) is 2. The van der Waals surface area contributed by atoms with Crippen LogP contribution in [0.4, 0.5) is 0 Å².